The number of piperidine rings is 1. The molecule has 3 amide bonds. The van der Waals surface area contributed by atoms with Gasteiger partial charge in [-0.3, -0.25) is 14.4 Å². The Hall–Kier alpha value is -2.74. The molecule has 164 valence electrons. The number of carbonyl (C=O) groups excluding carboxylic acids is 3. The number of primary amides is 1. The molecule has 1 fully saturated rings. The summed E-state index contributed by atoms with van der Waals surface area (Å²) in [6, 6.07) is 6.24. The number of nitrogens with two attached hydrogens (primary N) is 1. The Morgan fingerprint density at radius 3 is 2.71 bits per heavy atom. The Kier molecular flexibility index (Phi) is 6.36. The zero-order valence-electron chi connectivity index (χ0n) is 17.3. The topological polar surface area (TPSA) is 92.5 Å². The van der Waals surface area contributed by atoms with E-state index in [2.05, 4.69) is 5.32 Å². The third-order valence-electron chi connectivity index (χ3n) is 6.10. The molecule has 2 heterocycles. The van der Waals surface area contributed by atoms with E-state index in [9.17, 15) is 18.8 Å². The van der Waals surface area contributed by atoms with Gasteiger partial charge in [-0.1, -0.05) is 18.2 Å². The largest absolute Gasteiger partial charge is 0.365 e. The van der Waals surface area contributed by atoms with E-state index < -0.39 is 11.7 Å². The maximum Gasteiger partial charge on any atom is 0.251 e. The summed E-state index contributed by atoms with van der Waals surface area (Å²) in [7, 11) is 0. The van der Waals surface area contributed by atoms with E-state index in [1.165, 1.54) is 17.4 Å². The molecular weight excluding hydrogens is 417 g/mol. The van der Waals surface area contributed by atoms with Gasteiger partial charge in [0.1, 0.15) is 10.8 Å². The highest BCUT2D eigenvalue weighted by atomic mass is 32.1. The minimum Gasteiger partial charge on any atom is -0.365 e. The molecule has 6 nitrogen and oxygen atoms in total. The van der Waals surface area contributed by atoms with Gasteiger partial charge in [-0.15, -0.1) is 11.3 Å². The first-order valence-corrected chi connectivity index (χ1v) is 11.5. The van der Waals surface area contributed by atoms with Crippen LogP contribution in [-0.4, -0.2) is 35.7 Å². The SMILES string of the molecule is NC(=O)c1c(NC(=O)[C@@H]2CCCN(C(=O)Cc3ccccc3F)C2)sc2c1CCCC2. The van der Waals surface area contributed by atoms with Crippen molar-refractivity contribution in [2.45, 2.75) is 44.9 Å². The summed E-state index contributed by atoms with van der Waals surface area (Å²) < 4.78 is 13.9. The number of hydrogen-bond acceptors (Lipinski definition) is 4. The summed E-state index contributed by atoms with van der Waals surface area (Å²) >= 11 is 1.44. The lowest BCUT2D eigenvalue weighted by molar-refractivity contribution is -0.134. The van der Waals surface area contributed by atoms with Crippen LogP contribution in [0.4, 0.5) is 9.39 Å². The molecule has 2 aliphatic rings. The fraction of sp³-hybridized carbons (Fsp3) is 0.435. The number of fused-ring (bicyclic) bond motifs is 1. The molecule has 0 bridgehead atoms. The predicted molar refractivity (Wildman–Crippen MR) is 118 cm³/mol. The number of nitrogens with zero attached hydrogens (tertiary/aromatic N) is 1. The molecule has 0 radical (unpaired) electrons. The van der Waals surface area contributed by atoms with Crippen LogP contribution in [-0.2, 0) is 28.9 Å². The van der Waals surface area contributed by atoms with Gasteiger partial charge in [0.15, 0.2) is 0 Å². The summed E-state index contributed by atoms with van der Waals surface area (Å²) in [6.45, 7) is 0.840. The molecule has 31 heavy (non-hydrogen) atoms. The van der Waals surface area contributed by atoms with E-state index in [1.54, 1.807) is 23.1 Å². The maximum atomic E-state index is 13.9. The van der Waals surface area contributed by atoms with E-state index in [-0.39, 0.29) is 30.7 Å². The highest BCUT2D eigenvalue weighted by Crippen LogP contribution is 2.38. The first kappa shape index (κ1) is 21.5. The molecule has 2 aromatic rings. The third kappa shape index (κ3) is 4.63. The second-order valence-corrected chi connectivity index (χ2v) is 9.32. The molecule has 8 heteroatoms. The minimum absolute atomic E-state index is 0.0233. The van der Waals surface area contributed by atoms with Gasteiger partial charge < -0.3 is 16.0 Å². The van der Waals surface area contributed by atoms with Crippen molar-refractivity contribution in [1.29, 1.82) is 0 Å². The summed E-state index contributed by atoms with van der Waals surface area (Å²) in [5.74, 6) is -1.68. The van der Waals surface area contributed by atoms with E-state index >= 15 is 0 Å². The van der Waals surface area contributed by atoms with E-state index in [1.807, 2.05) is 0 Å². The number of amides is 3. The van der Waals surface area contributed by atoms with E-state index in [4.69, 9.17) is 5.73 Å². The van der Waals surface area contributed by atoms with Crippen molar-refractivity contribution in [3.05, 3.63) is 51.7 Å². The number of likely N-dealkylation sites (tertiary alicyclic amines) is 1. The summed E-state index contributed by atoms with van der Waals surface area (Å²) in [6.07, 6.45) is 5.13. The molecule has 0 saturated carbocycles. The zero-order chi connectivity index (χ0) is 22.0. The quantitative estimate of drug-likeness (QED) is 0.743. The van der Waals surface area contributed by atoms with Crippen LogP contribution in [0.1, 0.15) is 52.0 Å². The fourth-order valence-corrected chi connectivity index (χ4v) is 5.76. The Labute approximate surface area is 184 Å². The van der Waals surface area contributed by atoms with Crippen LogP contribution >= 0.6 is 11.3 Å². The number of hydrogen-bond donors (Lipinski definition) is 2. The molecule has 1 aromatic carbocycles. The standard InChI is InChI=1S/C23H26FN3O3S/c24-17-9-3-1-6-14(17)12-19(28)27-11-5-7-15(13-27)22(30)26-23-20(21(25)29)16-8-2-4-10-18(16)31-23/h1,3,6,9,15H,2,4-5,7-8,10-13H2,(H2,25,29)(H,26,30)/t15-/m1/s1. The smallest absolute Gasteiger partial charge is 0.251 e. The molecule has 1 saturated heterocycles. The van der Waals surface area contributed by atoms with Crippen LogP contribution in [0.2, 0.25) is 0 Å². The van der Waals surface area contributed by atoms with Crippen molar-refractivity contribution in [1.82, 2.24) is 4.90 Å². The van der Waals surface area contributed by atoms with Gasteiger partial charge in [-0.05, 0) is 55.7 Å². The number of halogens is 1. The molecule has 1 aromatic heterocycles. The summed E-state index contributed by atoms with van der Waals surface area (Å²) in [5.41, 5.74) is 7.39. The Balaban J connectivity index is 1.44. The summed E-state index contributed by atoms with van der Waals surface area (Å²) in [4.78, 5) is 40.5. The molecule has 1 aliphatic heterocycles. The predicted octanol–water partition coefficient (Wildman–Crippen LogP) is 3.28. The molecule has 1 aliphatic carbocycles. The van der Waals surface area contributed by atoms with Crippen molar-refractivity contribution in [2.24, 2.45) is 11.7 Å². The van der Waals surface area contributed by atoms with Gasteiger partial charge >= 0.3 is 0 Å². The van der Waals surface area contributed by atoms with Gasteiger partial charge in [0, 0.05) is 18.0 Å². The van der Waals surface area contributed by atoms with Crippen molar-refractivity contribution in [2.75, 3.05) is 18.4 Å². The van der Waals surface area contributed by atoms with Crippen LogP contribution in [0.15, 0.2) is 24.3 Å². The number of benzene rings is 1. The first-order chi connectivity index (χ1) is 14.9. The summed E-state index contributed by atoms with van der Waals surface area (Å²) in [5, 5.41) is 3.44. The fourth-order valence-electron chi connectivity index (χ4n) is 4.46. The second-order valence-electron chi connectivity index (χ2n) is 8.22. The zero-order valence-corrected chi connectivity index (χ0v) is 18.1. The van der Waals surface area contributed by atoms with Gasteiger partial charge in [0.2, 0.25) is 11.8 Å². The third-order valence-corrected chi connectivity index (χ3v) is 7.31. The van der Waals surface area contributed by atoms with Crippen molar-refractivity contribution in [3.8, 4) is 0 Å². The van der Waals surface area contributed by atoms with Gasteiger partial charge in [-0.2, -0.15) is 0 Å². The van der Waals surface area contributed by atoms with Crippen LogP contribution in [0.3, 0.4) is 0 Å². The number of anilines is 1. The van der Waals surface area contributed by atoms with Crippen LogP contribution in [0.5, 0.6) is 0 Å². The average molecular weight is 444 g/mol. The average Bonchev–Trinajstić information content (AvgIpc) is 3.13. The number of rotatable bonds is 5. The van der Waals surface area contributed by atoms with Crippen molar-refractivity contribution < 1.29 is 18.8 Å². The Bertz CT molecular complexity index is 1020. The highest BCUT2D eigenvalue weighted by Gasteiger charge is 2.31. The number of thiophene rings is 1. The van der Waals surface area contributed by atoms with E-state index in [0.29, 0.717) is 35.5 Å². The molecular formula is C23H26FN3O3S. The molecule has 0 unspecified atom stereocenters. The monoisotopic (exact) mass is 443 g/mol. The Morgan fingerprint density at radius 1 is 1.16 bits per heavy atom. The van der Waals surface area contributed by atoms with Crippen molar-refractivity contribution in [3.63, 3.8) is 0 Å². The number of carbonyl (C=O) groups is 3. The molecule has 4 rings (SSSR count). The lowest BCUT2D eigenvalue weighted by atomic mass is 9.94. The molecule has 1 atom stereocenters. The normalized spacial score (nSPS) is 18.4. The van der Waals surface area contributed by atoms with Crippen LogP contribution in [0, 0.1) is 11.7 Å². The second kappa shape index (κ2) is 9.18. The lowest BCUT2D eigenvalue weighted by Crippen LogP contribution is -2.44. The van der Waals surface area contributed by atoms with Gasteiger partial charge in [0.05, 0.1) is 17.9 Å². The van der Waals surface area contributed by atoms with Crippen LogP contribution < -0.4 is 11.1 Å². The number of aryl methyl sites for hydroxylation is 1. The maximum absolute atomic E-state index is 13.9. The van der Waals surface area contributed by atoms with Crippen molar-refractivity contribution >= 4 is 34.1 Å². The van der Waals surface area contributed by atoms with E-state index in [0.717, 1.165) is 36.1 Å². The lowest BCUT2D eigenvalue weighted by Gasteiger charge is -2.32. The first-order valence-electron chi connectivity index (χ1n) is 10.7. The Morgan fingerprint density at radius 2 is 1.94 bits per heavy atom. The minimum atomic E-state index is -0.514. The van der Waals surface area contributed by atoms with Gasteiger partial charge in [-0.25, -0.2) is 4.39 Å². The molecule has 0 spiro atoms. The number of nitrogens with one attached hydrogen (secondary N) is 1. The molecule has 3 N–H and O–H groups in total. The van der Waals surface area contributed by atoms with Crippen LogP contribution in [0.25, 0.3) is 0 Å². The van der Waals surface area contributed by atoms with Gasteiger partial charge in [0.25, 0.3) is 5.91 Å². The highest BCUT2D eigenvalue weighted by molar-refractivity contribution is 7.17.